The Bertz CT molecular complexity index is 307. The molecule has 0 saturated heterocycles. The molecule has 5 heteroatoms. The number of pyridine rings is 1. The maximum atomic E-state index is 5.99. The monoisotopic (exact) mass is 291 g/mol. The molecule has 0 radical (unpaired) electrons. The number of nitrogens with zero attached hydrogens (tertiary/aromatic N) is 1. The van der Waals surface area contributed by atoms with Gasteiger partial charge in [0.1, 0.15) is 5.82 Å². The SMILES string of the molecule is NCCCCCNc1ncc(Br)cc1Cl. The molecule has 1 aromatic heterocycles. The predicted octanol–water partition coefficient (Wildman–Crippen LogP) is 3.04. The van der Waals surface area contributed by atoms with E-state index in [1.807, 2.05) is 6.07 Å². The number of aromatic nitrogens is 1. The largest absolute Gasteiger partial charge is 0.369 e. The summed E-state index contributed by atoms with van der Waals surface area (Å²) in [5.74, 6) is 0.743. The fourth-order valence-corrected chi connectivity index (χ4v) is 1.89. The first-order valence-corrected chi connectivity index (χ1v) is 6.16. The summed E-state index contributed by atoms with van der Waals surface area (Å²) < 4.78 is 0.890. The van der Waals surface area contributed by atoms with Gasteiger partial charge >= 0.3 is 0 Å². The molecule has 0 aliphatic carbocycles. The van der Waals surface area contributed by atoms with Crippen molar-refractivity contribution >= 4 is 33.3 Å². The summed E-state index contributed by atoms with van der Waals surface area (Å²) in [6, 6.07) is 1.83. The number of hydrogen-bond acceptors (Lipinski definition) is 3. The Morgan fingerprint density at radius 2 is 2.20 bits per heavy atom. The molecule has 15 heavy (non-hydrogen) atoms. The van der Waals surface area contributed by atoms with E-state index in [2.05, 4.69) is 26.2 Å². The van der Waals surface area contributed by atoms with Gasteiger partial charge in [-0.1, -0.05) is 18.0 Å². The molecule has 3 N–H and O–H groups in total. The van der Waals surface area contributed by atoms with Gasteiger partial charge < -0.3 is 11.1 Å². The zero-order valence-corrected chi connectivity index (χ0v) is 10.8. The quantitative estimate of drug-likeness (QED) is 0.792. The molecule has 84 valence electrons. The molecule has 0 atom stereocenters. The second-order valence-electron chi connectivity index (χ2n) is 3.26. The summed E-state index contributed by atoms with van der Waals surface area (Å²) in [4.78, 5) is 4.18. The van der Waals surface area contributed by atoms with Gasteiger partial charge in [-0.2, -0.15) is 0 Å². The number of halogens is 2. The number of hydrogen-bond donors (Lipinski definition) is 2. The van der Waals surface area contributed by atoms with Crippen LogP contribution in [-0.4, -0.2) is 18.1 Å². The van der Waals surface area contributed by atoms with Crippen molar-refractivity contribution in [2.45, 2.75) is 19.3 Å². The van der Waals surface area contributed by atoms with E-state index in [-0.39, 0.29) is 0 Å². The van der Waals surface area contributed by atoms with E-state index in [1.54, 1.807) is 6.20 Å². The molecule has 0 spiro atoms. The van der Waals surface area contributed by atoms with Crippen LogP contribution in [0, 0.1) is 0 Å². The molecule has 0 fully saturated rings. The lowest BCUT2D eigenvalue weighted by Gasteiger charge is -2.06. The van der Waals surface area contributed by atoms with Gasteiger partial charge in [-0.3, -0.25) is 0 Å². The van der Waals surface area contributed by atoms with Crippen molar-refractivity contribution in [2.24, 2.45) is 5.73 Å². The van der Waals surface area contributed by atoms with E-state index in [1.165, 1.54) is 0 Å². The summed E-state index contributed by atoms with van der Waals surface area (Å²) in [5, 5.41) is 3.84. The third-order valence-corrected chi connectivity index (χ3v) is 2.70. The fraction of sp³-hybridized carbons (Fsp3) is 0.500. The minimum absolute atomic E-state index is 0.642. The molecule has 0 amide bonds. The number of rotatable bonds is 6. The van der Waals surface area contributed by atoms with E-state index in [0.29, 0.717) is 5.02 Å². The first kappa shape index (κ1) is 12.7. The van der Waals surface area contributed by atoms with Crippen LogP contribution in [0.3, 0.4) is 0 Å². The molecular weight excluding hydrogens is 277 g/mol. The third-order valence-electron chi connectivity index (χ3n) is 1.98. The average Bonchev–Trinajstić information content (AvgIpc) is 2.20. The first-order chi connectivity index (χ1) is 7.24. The van der Waals surface area contributed by atoms with Crippen molar-refractivity contribution < 1.29 is 0 Å². The summed E-state index contributed by atoms with van der Waals surface area (Å²) >= 11 is 9.30. The summed E-state index contributed by atoms with van der Waals surface area (Å²) in [6.45, 7) is 1.64. The highest BCUT2D eigenvalue weighted by Gasteiger charge is 2.00. The standard InChI is InChI=1S/C10H15BrClN3/c11-8-6-9(12)10(15-7-8)14-5-3-1-2-4-13/h6-7H,1-5,13H2,(H,14,15). The lowest BCUT2D eigenvalue weighted by atomic mass is 10.2. The lowest BCUT2D eigenvalue weighted by Crippen LogP contribution is -2.05. The summed E-state index contributed by atoms with van der Waals surface area (Å²) in [7, 11) is 0. The van der Waals surface area contributed by atoms with Gasteiger partial charge in [0.2, 0.25) is 0 Å². The van der Waals surface area contributed by atoms with Crippen molar-refractivity contribution in [2.75, 3.05) is 18.4 Å². The molecule has 1 heterocycles. The zero-order valence-electron chi connectivity index (χ0n) is 8.47. The number of nitrogens with two attached hydrogens (primary N) is 1. The van der Waals surface area contributed by atoms with Crippen LogP contribution in [0.5, 0.6) is 0 Å². The maximum Gasteiger partial charge on any atom is 0.144 e. The van der Waals surface area contributed by atoms with Crippen LogP contribution in [-0.2, 0) is 0 Å². The van der Waals surface area contributed by atoms with Crippen LogP contribution < -0.4 is 11.1 Å². The molecule has 3 nitrogen and oxygen atoms in total. The first-order valence-electron chi connectivity index (χ1n) is 4.99. The van der Waals surface area contributed by atoms with E-state index < -0.39 is 0 Å². The van der Waals surface area contributed by atoms with E-state index in [9.17, 15) is 0 Å². The van der Waals surface area contributed by atoms with Gasteiger partial charge in [0.15, 0.2) is 0 Å². The van der Waals surface area contributed by atoms with Gasteiger partial charge in [-0.25, -0.2) is 4.98 Å². The Balaban J connectivity index is 2.31. The molecule has 0 aromatic carbocycles. The maximum absolute atomic E-state index is 5.99. The van der Waals surface area contributed by atoms with Gasteiger partial charge in [-0.15, -0.1) is 0 Å². The topological polar surface area (TPSA) is 50.9 Å². The van der Waals surface area contributed by atoms with Crippen molar-refractivity contribution in [3.8, 4) is 0 Å². The molecule has 0 aliphatic rings. The van der Waals surface area contributed by atoms with Crippen molar-refractivity contribution in [1.82, 2.24) is 4.98 Å². The number of anilines is 1. The molecule has 0 aliphatic heterocycles. The molecule has 0 bridgehead atoms. The molecule has 1 aromatic rings. The third kappa shape index (κ3) is 4.82. The lowest BCUT2D eigenvalue weighted by molar-refractivity contribution is 0.706. The predicted molar refractivity (Wildman–Crippen MR) is 68.3 cm³/mol. The van der Waals surface area contributed by atoms with Crippen LogP contribution in [0.4, 0.5) is 5.82 Å². The highest BCUT2D eigenvalue weighted by Crippen LogP contribution is 2.22. The van der Waals surface area contributed by atoms with Crippen LogP contribution in [0.25, 0.3) is 0 Å². The van der Waals surface area contributed by atoms with Crippen LogP contribution in [0.15, 0.2) is 16.7 Å². The van der Waals surface area contributed by atoms with Gasteiger partial charge in [0.05, 0.1) is 5.02 Å². The van der Waals surface area contributed by atoms with Gasteiger partial charge in [-0.05, 0) is 41.4 Å². The minimum Gasteiger partial charge on any atom is -0.369 e. The Kier molecular flexibility index (Phi) is 5.98. The van der Waals surface area contributed by atoms with Crippen molar-refractivity contribution in [3.05, 3.63) is 21.8 Å². The highest BCUT2D eigenvalue weighted by atomic mass is 79.9. The van der Waals surface area contributed by atoms with Crippen LogP contribution in [0.2, 0.25) is 5.02 Å². The second-order valence-corrected chi connectivity index (χ2v) is 4.58. The summed E-state index contributed by atoms with van der Waals surface area (Å²) in [6.07, 6.45) is 5.03. The van der Waals surface area contributed by atoms with Gasteiger partial charge in [0, 0.05) is 17.2 Å². The fourth-order valence-electron chi connectivity index (χ4n) is 1.20. The van der Waals surface area contributed by atoms with Crippen molar-refractivity contribution in [1.29, 1.82) is 0 Å². The molecule has 0 saturated carbocycles. The summed E-state index contributed by atoms with van der Waals surface area (Å²) in [5.41, 5.74) is 5.40. The Labute approximate surface area is 104 Å². The van der Waals surface area contributed by atoms with Crippen LogP contribution in [0.1, 0.15) is 19.3 Å². The average molecular weight is 293 g/mol. The number of nitrogens with one attached hydrogen (secondary N) is 1. The van der Waals surface area contributed by atoms with E-state index in [4.69, 9.17) is 17.3 Å². The highest BCUT2D eigenvalue weighted by molar-refractivity contribution is 9.10. The zero-order chi connectivity index (χ0) is 11.1. The second kappa shape index (κ2) is 7.04. The minimum atomic E-state index is 0.642. The van der Waals surface area contributed by atoms with E-state index >= 15 is 0 Å². The van der Waals surface area contributed by atoms with E-state index in [0.717, 1.165) is 42.6 Å². The normalized spacial score (nSPS) is 10.3. The Hall–Kier alpha value is -0.320. The van der Waals surface area contributed by atoms with Gasteiger partial charge in [0.25, 0.3) is 0 Å². The molecular formula is C10H15BrClN3. The smallest absolute Gasteiger partial charge is 0.144 e. The molecule has 1 rings (SSSR count). The Morgan fingerprint density at radius 3 is 2.87 bits per heavy atom. The van der Waals surface area contributed by atoms with Crippen LogP contribution >= 0.6 is 27.5 Å². The van der Waals surface area contributed by atoms with Crippen molar-refractivity contribution in [3.63, 3.8) is 0 Å². The molecule has 0 unspecified atom stereocenters. The Morgan fingerprint density at radius 1 is 1.40 bits per heavy atom. The number of unbranched alkanes of at least 4 members (excludes halogenated alkanes) is 2.